The van der Waals surface area contributed by atoms with Crippen molar-refractivity contribution in [3.05, 3.63) is 63.0 Å². The van der Waals surface area contributed by atoms with Crippen LogP contribution in [0.2, 0.25) is 0 Å². The van der Waals surface area contributed by atoms with Crippen LogP contribution in [0, 0.1) is 3.57 Å². The van der Waals surface area contributed by atoms with Gasteiger partial charge in [0.05, 0.1) is 17.3 Å². The Morgan fingerprint density at radius 1 is 1.14 bits per heavy atom. The number of pyridine rings is 1. The average molecular weight is 407 g/mol. The second-order valence-corrected chi connectivity index (χ2v) is 5.76. The molecule has 0 spiro atoms. The first kappa shape index (κ1) is 16.2. The molecule has 2 rings (SSSR count). The molecule has 3 N–H and O–H groups in total. The van der Waals surface area contributed by atoms with Crippen LogP contribution >= 0.6 is 22.6 Å². The monoisotopic (exact) mass is 407 g/mol. The summed E-state index contributed by atoms with van der Waals surface area (Å²) in [5.74, 6) is 5.49. The first-order valence-corrected chi connectivity index (χ1v) is 7.22. The van der Waals surface area contributed by atoms with E-state index in [1.807, 2.05) is 24.3 Å². The van der Waals surface area contributed by atoms with Gasteiger partial charge in [-0.05, 0) is 58.8 Å². The van der Waals surface area contributed by atoms with Crippen LogP contribution in [0.25, 0.3) is 0 Å². The number of rotatable bonds is 4. The Morgan fingerprint density at radius 3 is 2.29 bits per heavy atom. The molecule has 1 aromatic heterocycles. The fourth-order valence-electron chi connectivity index (χ4n) is 1.88. The summed E-state index contributed by atoms with van der Waals surface area (Å²) in [7, 11) is 0. The van der Waals surface area contributed by atoms with Crippen LogP contribution in [-0.2, 0) is 12.6 Å². The molecule has 1 unspecified atom stereocenters. The maximum absolute atomic E-state index is 12.5. The van der Waals surface area contributed by atoms with Gasteiger partial charge in [-0.3, -0.25) is 16.3 Å². The minimum Gasteiger partial charge on any atom is -0.271 e. The quantitative estimate of drug-likeness (QED) is 0.464. The molecule has 0 aliphatic rings. The second-order valence-electron chi connectivity index (χ2n) is 4.52. The number of aromatic nitrogens is 1. The number of alkyl halides is 3. The summed E-state index contributed by atoms with van der Waals surface area (Å²) in [4.78, 5) is 3.87. The maximum atomic E-state index is 12.5. The minimum atomic E-state index is -4.38. The van der Waals surface area contributed by atoms with E-state index in [4.69, 9.17) is 5.84 Å². The van der Waals surface area contributed by atoms with Crippen LogP contribution in [0.4, 0.5) is 13.2 Å². The van der Waals surface area contributed by atoms with Gasteiger partial charge in [0.1, 0.15) is 0 Å². The molecule has 0 fully saturated rings. The lowest BCUT2D eigenvalue weighted by Gasteiger charge is -2.16. The highest BCUT2D eigenvalue weighted by molar-refractivity contribution is 14.1. The lowest BCUT2D eigenvalue weighted by molar-refractivity contribution is -0.137. The third-order valence-electron chi connectivity index (χ3n) is 3.02. The summed E-state index contributed by atoms with van der Waals surface area (Å²) in [6.07, 6.45) is -3.01. The molecule has 0 radical (unpaired) electrons. The fraction of sp³-hybridized carbons (Fsp3) is 0.214. The van der Waals surface area contributed by atoms with Crippen LogP contribution < -0.4 is 11.3 Å². The van der Waals surface area contributed by atoms with Gasteiger partial charge in [-0.1, -0.05) is 12.1 Å². The number of nitrogens with zero attached hydrogens (tertiary/aromatic N) is 1. The molecular formula is C14H13F3IN3. The van der Waals surface area contributed by atoms with E-state index in [9.17, 15) is 13.2 Å². The number of halogens is 4. The van der Waals surface area contributed by atoms with E-state index in [-0.39, 0.29) is 6.04 Å². The molecule has 0 aliphatic heterocycles. The molecule has 3 nitrogen and oxygen atoms in total. The van der Waals surface area contributed by atoms with Crippen molar-refractivity contribution in [2.24, 2.45) is 5.84 Å². The van der Waals surface area contributed by atoms with E-state index in [0.717, 1.165) is 21.4 Å². The van der Waals surface area contributed by atoms with Crippen molar-refractivity contribution < 1.29 is 13.2 Å². The van der Waals surface area contributed by atoms with E-state index in [1.165, 1.54) is 6.07 Å². The lowest BCUT2D eigenvalue weighted by Crippen LogP contribution is -2.30. The van der Waals surface area contributed by atoms with Gasteiger partial charge < -0.3 is 0 Å². The zero-order chi connectivity index (χ0) is 15.5. The van der Waals surface area contributed by atoms with Crippen molar-refractivity contribution in [3.63, 3.8) is 0 Å². The highest BCUT2D eigenvalue weighted by Crippen LogP contribution is 2.29. The molecule has 0 bridgehead atoms. The van der Waals surface area contributed by atoms with Gasteiger partial charge in [0.25, 0.3) is 0 Å². The molecule has 0 amide bonds. The van der Waals surface area contributed by atoms with Crippen molar-refractivity contribution >= 4 is 22.6 Å². The highest BCUT2D eigenvalue weighted by atomic mass is 127. The molecule has 2 aromatic rings. The summed E-state index contributed by atoms with van der Waals surface area (Å²) in [6, 6.07) is 9.85. The minimum absolute atomic E-state index is 0.340. The Hall–Kier alpha value is -1.19. The first-order chi connectivity index (χ1) is 9.90. The van der Waals surface area contributed by atoms with Crippen molar-refractivity contribution in [1.82, 2.24) is 10.4 Å². The Morgan fingerprint density at radius 2 is 1.81 bits per heavy atom. The Labute approximate surface area is 133 Å². The zero-order valence-electron chi connectivity index (χ0n) is 10.9. The number of nitrogens with two attached hydrogens (primary N) is 1. The van der Waals surface area contributed by atoms with Gasteiger partial charge in [0, 0.05) is 9.77 Å². The van der Waals surface area contributed by atoms with Crippen molar-refractivity contribution in [2.75, 3.05) is 0 Å². The van der Waals surface area contributed by atoms with Gasteiger partial charge in [-0.2, -0.15) is 13.2 Å². The maximum Gasteiger partial charge on any atom is 0.417 e. The topological polar surface area (TPSA) is 50.9 Å². The van der Waals surface area contributed by atoms with Crippen LogP contribution in [0.15, 0.2) is 42.6 Å². The van der Waals surface area contributed by atoms with Crippen LogP contribution in [0.3, 0.4) is 0 Å². The summed E-state index contributed by atoms with van der Waals surface area (Å²) < 4.78 is 38.6. The number of hydrogen-bond donors (Lipinski definition) is 2. The third-order valence-corrected chi connectivity index (χ3v) is 3.74. The standard InChI is InChI=1S/C14H13F3IN3/c15-14(16,17)10-3-6-12(20-8-10)13(21-19)7-9-1-4-11(18)5-2-9/h1-6,8,13,21H,7,19H2. The molecule has 0 saturated carbocycles. The molecule has 7 heteroatoms. The SMILES string of the molecule is NNC(Cc1ccc(I)cc1)c1ccc(C(F)(F)F)cn1. The Kier molecular flexibility index (Phi) is 5.17. The predicted molar refractivity (Wildman–Crippen MR) is 82.2 cm³/mol. The van der Waals surface area contributed by atoms with Crippen LogP contribution in [-0.4, -0.2) is 4.98 Å². The van der Waals surface area contributed by atoms with E-state index in [0.29, 0.717) is 12.1 Å². The molecular weight excluding hydrogens is 394 g/mol. The van der Waals surface area contributed by atoms with Gasteiger partial charge in [-0.25, -0.2) is 0 Å². The first-order valence-electron chi connectivity index (χ1n) is 6.14. The Bertz CT molecular complexity index is 582. The van der Waals surface area contributed by atoms with E-state index in [2.05, 4.69) is 33.0 Å². The molecule has 1 heterocycles. The molecule has 1 atom stereocenters. The van der Waals surface area contributed by atoms with E-state index < -0.39 is 11.7 Å². The predicted octanol–water partition coefficient (Wildman–Crippen LogP) is 3.45. The van der Waals surface area contributed by atoms with Gasteiger partial charge in [-0.15, -0.1) is 0 Å². The van der Waals surface area contributed by atoms with Crippen LogP contribution in [0.5, 0.6) is 0 Å². The molecule has 21 heavy (non-hydrogen) atoms. The summed E-state index contributed by atoms with van der Waals surface area (Å²) in [5, 5.41) is 0. The Balaban J connectivity index is 2.15. The van der Waals surface area contributed by atoms with Crippen molar-refractivity contribution in [3.8, 4) is 0 Å². The lowest BCUT2D eigenvalue weighted by atomic mass is 10.0. The summed E-state index contributed by atoms with van der Waals surface area (Å²) in [6.45, 7) is 0. The van der Waals surface area contributed by atoms with E-state index in [1.54, 1.807) is 0 Å². The summed E-state index contributed by atoms with van der Waals surface area (Å²) >= 11 is 2.20. The van der Waals surface area contributed by atoms with Gasteiger partial charge in [0.2, 0.25) is 0 Å². The summed E-state index contributed by atoms with van der Waals surface area (Å²) in [5.41, 5.74) is 3.33. The average Bonchev–Trinajstić information content (AvgIpc) is 2.46. The van der Waals surface area contributed by atoms with Crippen molar-refractivity contribution in [1.29, 1.82) is 0 Å². The number of hydrogen-bond acceptors (Lipinski definition) is 3. The molecule has 0 saturated heterocycles. The van der Waals surface area contributed by atoms with Crippen molar-refractivity contribution in [2.45, 2.75) is 18.6 Å². The fourth-order valence-corrected chi connectivity index (χ4v) is 2.24. The van der Waals surface area contributed by atoms with Gasteiger partial charge in [0.15, 0.2) is 0 Å². The number of nitrogens with one attached hydrogen (secondary N) is 1. The number of benzene rings is 1. The van der Waals surface area contributed by atoms with Crippen LogP contribution in [0.1, 0.15) is 22.9 Å². The molecule has 112 valence electrons. The third kappa shape index (κ3) is 4.39. The smallest absolute Gasteiger partial charge is 0.271 e. The normalized spacial score (nSPS) is 13.2. The molecule has 1 aromatic carbocycles. The largest absolute Gasteiger partial charge is 0.417 e. The molecule has 0 aliphatic carbocycles. The number of hydrazine groups is 1. The highest BCUT2D eigenvalue weighted by Gasteiger charge is 2.30. The van der Waals surface area contributed by atoms with E-state index >= 15 is 0 Å². The van der Waals surface area contributed by atoms with Gasteiger partial charge >= 0.3 is 6.18 Å². The second kappa shape index (κ2) is 6.71. The zero-order valence-corrected chi connectivity index (χ0v) is 13.0.